The van der Waals surface area contributed by atoms with Gasteiger partial charge in [0.05, 0.1) is 12.4 Å². The Balaban J connectivity index is 2.08. The Labute approximate surface area is 128 Å². The lowest BCUT2D eigenvalue weighted by atomic mass is 9.86. The van der Waals surface area contributed by atoms with Gasteiger partial charge in [0.2, 0.25) is 0 Å². The molecule has 2 aromatic rings. The van der Waals surface area contributed by atoms with Gasteiger partial charge in [-0.2, -0.15) is 0 Å². The van der Waals surface area contributed by atoms with Crippen molar-refractivity contribution in [3.05, 3.63) is 41.3 Å². The van der Waals surface area contributed by atoms with Gasteiger partial charge in [0.1, 0.15) is 5.76 Å². The van der Waals surface area contributed by atoms with E-state index < -0.39 is 0 Å². The van der Waals surface area contributed by atoms with Crippen LogP contribution < -0.4 is 5.32 Å². The number of hydrogen-bond donors (Lipinski definition) is 1. The molecule has 0 aliphatic carbocycles. The summed E-state index contributed by atoms with van der Waals surface area (Å²) >= 11 is 3.35. The number of aromatic nitrogens is 2. The van der Waals surface area contributed by atoms with Gasteiger partial charge in [0.15, 0.2) is 4.67 Å². The molecule has 1 N–H and O–H groups in total. The van der Waals surface area contributed by atoms with Crippen LogP contribution in [0.25, 0.3) is 0 Å². The molecular weight excluding hydrogens is 318 g/mol. The zero-order valence-corrected chi connectivity index (χ0v) is 14.0. The summed E-state index contributed by atoms with van der Waals surface area (Å²) < 4.78 is 8.50. The molecule has 20 heavy (non-hydrogen) atoms. The molecule has 2 atom stereocenters. The zero-order chi connectivity index (χ0) is 14.8. The first kappa shape index (κ1) is 15.3. The minimum atomic E-state index is 0.141. The van der Waals surface area contributed by atoms with E-state index in [1.54, 1.807) is 0 Å². The molecule has 0 aliphatic heterocycles. The van der Waals surface area contributed by atoms with E-state index >= 15 is 0 Å². The van der Waals surface area contributed by atoms with Crippen LogP contribution >= 0.6 is 15.9 Å². The quantitative estimate of drug-likeness (QED) is 0.894. The van der Waals surface area contributed by atoms with Gasteiger partial charge in [0.25, 0.3) is 0 Å². The molecule has 110 valence electrons. The minimum absolute atomic E-state index is 0.141. The van der Waals surface area contributed by atoms with Crippen molar-refractivity contribution in [2.75, 3.05) is 0 Å². The van der Waals surface area contributed by atoms with Crippen molar-refractivity contribution in [1.29, 1.82) is 0 Å². The van der Waals surface area contributed by atoms with Crippen molar-refractivity contribution < 1.29 is 4.42 Å². The van der Waals surface area contributed by atoms with Gasteiger partial charge in [0, 0.05) is 25.0 Å². The number of furan rings is 1. The highest BCUT2D eigenvalue weighted by Gasteiger charge is 2.27. The number of imidazole rings is 1. The van der Waals surface area contributed by atoms with Crippen molar-refractivity contribution in [2.24, 2.45) is 5.41 Å². The Bertz CT molecular complexity index is 528. The molecule has 2 unspecified atom stereocenters. The predicted octanol–water partition coefficient (Wildman–Crippen LogP) is 4.00. The summed E-state index contributed by atoms with van der Waals surface area (Å²) in [5.41, 5.74) is 0.141. The van der Waals surface area contributed by atoms with Crippen LogP contribution in [0.3, 0.4) is 0 Å². The van der Waals surface area contributed by atoms with E-state index in [1.165, 1.54) is 0 Å². The molecule has 0 aromatic carbocycles. The Kier molecular flexibility index (Phi) is 4.70. The van der Waals surface area contributed by atoms with Gasteiger partial charge < -0.3 is 14.3 Å². The van der Waals surface area contributed by atoms with Gasteiger partial charge in [-0.3, -0.25) is 0 Å². The summed E-state index contributed by atoms with van der Waals surface area (Å²) in [6, 6.07) is 4.40. The number of nitrogens with zero attached hydrogens (tertiary/aromatic N) is 2. The van der Waals surface area contributed by atoms with Crippen molar-refractivity contribution >= 4 is 15.9 Å². The van der Waals surface area contributed by atoms with E-state index in [0.717, 1.165) is 17.0 Å². The molecular formula is C15H22BrN3O. The molecule has 0 aliphatic rings. The first-order valence-corrected chi connectivity index (χ1v) is 7.62. The summed E-state index contributed by atoms with van der Waals surface area (Å²) in [4.78, 5) is 4.11. The van der Waals surface area contributed by atoms with Crippen LogP contribution in [0.15, 0.2) is 39.9 Å². The Morgan fingerprint density at radius 1 is 1.40 bits per heavy atom. The molecule has 5 heteroatoms. The largest absolute Gasteiger partial charge is 0.453 e. The summed E-state index contributed by atoms with van der Waals surface area (Å²) in [5, 5.41) is 3.66. The van der Waals surface area contributed by atoms with E-state index in [4.69, 9.17) is 4.42 Å². The molecule has 2 rings (SSSR count). The SMILES string of the molecule is CC(NC(Cn1ccnc1)C(C)(C)C)c1ccc(Br)o1. The number of nitrogens with one attached hydrogen (secondary N) is 1. The molecule has 0 fully saturated rings. The van der Waals surface area contributed by atoms with E-state index in [0.29, 0.717) is 6.04 Å². The first-order valence-electron chi connectivity index (χ1n) is 6.83. The van der Waals surface area contributed by atoms with E-state index in [2.05, 4.69) is 58.5 Å². The minimum Gasteiger partial charge on any atom is -0.453 e. The standard InChI is InChI=1S/C15H22BrN3O/c1-11(12-5-6-14(16)20-12)18-13(15(2,3)4)9-19-8-7-17-10-19/h5-8,10-11,13,18H,9H2,1-4H3. The summed E-state index contributed by atoms with van der Waals surface area (Å²) in [7, 11) is 0. The normalized spacial score (nSPS) is 15.2. The third-order valence-electron chi connectivity index (χ3n) is 3.47. The number of halogens is 1. The van der Waals surface area contributed by atoms with Gasteiger partial charge in [-0.1, -0.05) is 20.8 Å². The highest BCUT2D eigenvalue weighted by Crippen LogP contribution is 2.26. The molecule has 0 saturated heterocycles. The summed E-state index contributed by atoms with van der Waals surface area (Å²) in [6.45, 7) is 9.73. The van der Waals surface area contributed by atoms with E-state index in [1.807, 2.05) is 30.9 Å². The fourth-order valence-electron chi connectivity index (χ4n) is 2.13. The van der Waals surface area contributed by atoms with Gasteiger partial charge >= 0.3 is 0 Å². The third kappa shape index (κ3) is 3.96. The second-order valence-corrected chi connectivity index (χ2v) is 6.99. The van der Waals surface area contributed by atoms with Crippen LogP contribution in [-0.4, -0.2) is 15.6 Å². The molecule has 0 spiro atoms. The summed E-state index contributed by atoms with van der Waals surface area (Å²) in [6.07, 6.45) is 5.66. The van der Waals surface area contributed by atoms with E-state index in [9.17, 15) is 0 Å². The van der Waals surface area contributed by atoms with Crippen molar-refractivity contribution in [2.45, 2.75) is 46.3 Å². The van der Waals surface area contributed by atoms with Crippen LogP contribution in [0, 0.1) is 5.41 Å². The lowest BCUT2D eigenvalue weighted by Crippen LogP contribution is -2.44. The van der Waals surface area contributed by atoms with Crippen LogP contribution in [0.1, 0.15) is 39.5 Å². The van der Waals surface area contributed by atoms with Crippen LogP contribution in [0.5, 0.6) is 0 Å². The average molecular weight is 340 g/mol. The highest BCUT2D eigenvalue weighted by molar-refractivity contribution is 9.10. The smallest absolute Gasteiger partial charge is 0.169 e. The highest BCUT2D eigenvalue weighted by atomic mass is 79.9. The lowest BCUT2D eigenvalue weighted by Gasteiger charge is -2.34. The molecule has 0 saturated carbocycles. The molecule has 0 amide bonds. The van der Waals surface area contributed by atoms with Crippen molar-refractivity contribution in [1.82, 2.24) is 14.9 Å². The average Bonchev–Trinajstić information content (AvgIpc) is 2.98. The van der Waals surface area contributed by atoms with Crippen LogP contribution in [0.2, 0.25) is 0 Å². The van der Waals surface area contributed by atoms with Crippen molar-refractivity contribution in [3.8, 4) is 0 Å². The van der Waals surface area contributed by atoms with Gasteiger partial charge in [-0.25, -0.2) is 4.98 Å². The molecule has 4 nitrogen and oxygen atoms in total. The molecule has 0 radical (unpaired) electrons. The zero-order valence-electron chi connectivity index (χ0n) is 12.4. The maximum Gasteiger partial charge on any atom is 0.169 e. The fourth-order valence-corrected chi connectivity index (χ4v) is 2.45. The third-order valence-corrected chi connectivity index (χ3v) is 3.90. The fraction of sp³-hybridized carbons (Fsp3) is 0.533. The second kappa shape index (κ2) is 6.14. The molecule has 0 bridgehead atoms. The summed E-state index contributed by atoms with van der Waals surface area (Å²) in [5.74, 6) is 0.941. The van der Waals surface area contributed by atoms with Gasteiger partial charge in [-0.15, -0.1) is 0 Å². The number of hydrogen-bond acceptors (Lipinski definition) is 3. The molecule has 2 aromatic heterocycles. The Morgan fingerprint density at radius 3 is 2.65 bits per heavy atom. The topological polar surface area (TPSA) is 43.0 Å². The Morgan fingerprint density at radius 2 is 2.15 bits per heavy atom. The Hall–Kier alpha value is -1.07. The van der Waals surface area contributed by atoms with Gasteiger partial charge in [-0.05, 0) is 40.4 Å². The maximum atomic E-state index is 5.63. The van der Waals surface area contributed by atoms with E-state index in [-0.39, 0.29) is 11.5 Å². The predicted molar refractivity (Wildman–Crippen MR) is 83.4 cm³/mol. The monoisotopic (exact) mass is 339 g/mol. The lowest BCUT2D eigenvalue weighted by molar-refractivity contribution is 0.217. The first-order chi connectivity index (χ1) is 9.36. The number of rotatable bonds is 5. The molecule has 2 heterocycles. The maximum absolute atomic E-state index is 5.63. The van der Waals surface area contributed by atoms with Crippen LogP contribution in [-0.2, 0) is 6.54 Å². The van der Waals surface area contributed by atoms with Crippen molar-refractivity contribution in [3.63, 3.8) is 0 Å². The van der Waals surface area contributed by atoms with Crippen LogP contribution in [0.4, 0.5) is 0 Å². The second-order valence-electron chi connectivity index (χ2n) is 6.21.